The van der Waals surface area contributed by atoms with Gasteiger partial charge in [-0.15, -0.1) is 9.73 Å². The first kappa shape index (κ1) is 14.1. The molecule has 4 rings (SSSR count). The number of anilines is 2. The van der Waals surface area contributed by atoms with Crippen LogP contribution in [0.15, 0.2) is 55.1 Å². The molecule has 24 heavy (non-hydrogen) atoms. The summed E-state index contributed by atoms with van der Waals surface area (Å²) in [5.74, 6) is 0.986. The third-order valence-corrected chi connectivity index (χ3v) is 3.42. The van der Waals surface area contributed by atoms with Gasteiger partial charge in [0.25, 0.3) is 0 Å². The number of hydrogen-bond acceptors (Lipinski definition) is 7. The minimum absolute atomic E-state index is 0.487. The van der Waals surface area contributed by atoms with Crippen molar-refractivity contribution in [2.45, 2.75) is 0 Å². The lowest BCUT2D eigenvalue weighted by atomic mass is 10.2. The van der Waals surface area contributed by atoms with E-state index in [2.05, 4.69) is 30.5 Å². The van der Waals surface area contributed by atoms with E-state index in [1.54, 1.807) is 38.0 Å². The number of hydrogen-bond donors (Lipinski definition) is 1. The summed E-state index contributed by atoms with van der Waals surface area (Å²) in [5.41, 5.74) is 3.27. The van der Waals surface area contributed by atoms with Crippen LogP contribution in [0.5, 0.6) is 5.88 Å². The van der Waals surface area contributed by atoms with Crippen LogP contribution >= 0.6 is 0 Å². The van der Waals surface area contributed by atoms with Gasteiger partial charge in [-0.2, -0.15) is 5.10 Å². The molecule has 0 saturated heterocycles. The second kappa shape index (κ2) is 5.92. The van der Waals surface area contributed by atoms with Gasteiger partial charge in [0.15, 0.2) is 0 Å². The summed E-state index contributed by atoms with van der Waals surface area (Å²) in [6.45, 7) is 0. The molecule has 0 aliphatic rings. The molecule has 0 unspecified atom stereocenters. The lowest BCUT2D eigenvalue weighted by Crippen LogP contribution is -1.98. The van der Waals surface area contributed by atoms with E-state index >= 15 is 0 Å². The third-order valence-electron chi connectivity index (χ3n) is 3.42. The Labute approximate surface area is 137 Å². The highest BCUT2D eigenvalue weighted by molar-refractivity contribution is 5.77. The smallest absolute Gasteiger partial charge is 0.233 e. The maximum atomic E-state index is 5.11. The van der Waals surface area contributed by atoms with Crippen LogP contribution in [0.3, 0.4) is 0 Å². The van der Waals surface area contributed by atoms with E-state index in [9.17, 15) is 0 Å². The van der Waals surface area contributed by atoms with Crippen molar-refractivity contribution in [2.24, 2.45) is 0 Å². The Morgan fingerprint density at radius 3 is 2.88 bits per heavy atom. The van der Waals surface area contributed by atoms with E-state index in [1.807, 2.05) is 24.3 Å². The molecular formula is C16H13N7O. The molecule has 4 aromatic rings. The first-order valence-electron chi connectivity index (χ1n) is 7.23. The quantitative estimate of drug-likeness (QED) is 0.617. The molecule has 1 N–H and O–H groups in total. The molecule has 4 heterocycles. The molecule has 0 spiro atoms. The standard InChI is InChI=1S/C16H13N7O/c1-24-15-5-4-14-12(10-19-23(14)22-15)13-6-8-18-16(21-13)20-11-3-2-7-17-9-11/h2-10H,1H3,(H,18,20,21). The van der Waals surface area contributed by atoms with Crippen molar-refractivity contribution in [3.05, 3.63) is 55.1 Å². The average Bonchev–Trinajstić information content (AvgIpc) is 3.06. The van der Waals surface area contributed by atoms with Gasteiger partial charge in [-0.3, -0.25) is 4.98 Å². The summed E-state index contributed by atoms with van der Waals surface area (Å²) in [6, 6.07) is 9.25. The van der Waals surface area contributed by atoms with Crippen molar-refractivity contribution in [3.63, 3.8) is 0 Å². The van der Waals surface area contributed by atoms with Crippen molar-refractivity contribution < 1.29 is 4.74 Å². The zero-order valence-electron chi connectivity index (χ0n) is 12.8. The predicted octanol–water partition coefficient (Wildman–Crippen LogP) is 2.33. The summed E-state index contributed by atoms with van der Waals surface area (Å²) in [4.78, 5) is 12.8. The van der Waals surface area contributed by atoms with Gasteiger partial charge in [-0.1, -0.05) is 0 Å². The number of ether oxygens (including phenoxy) is 1. The molecule has 0 aliphatic carbocycles. The summed E-state index contributed by atoms with van der Waals surface area (Å²) in [6.07, 6.45) is 6.84. The normalized spacial score (nSPS) is 10.7. The number of nitrogens with one attached hydrogen (secondary N) is 1. The Kier molecular flexibility index (Phi) is 3.47. The molecule has 8 nitrogen and oxygen atoms in total. The van der Waals surface area contributed by atoms with E-state index in [0.717, 1.165) is 22.5 Å². The van der Waals surface area contributed by atoms with E-state index in [0.29, 0.717) is 11.8 Å². The van der Waals surface area contributed by atoms with Crippen LogP contribution in [-0.4, -0.2) is 36.9 Å². The zero-order valence-corrected chi connectivity index (χ0v) is 12.8. The van der Waals surface area contributed by atoms with Crippen LogP contribution in [0.25, 0.3) is 16.8 Å². The number of aromatic nitrogens is 6. The van der Waals surface area contributed by atoms with Crippen molar-refractivity contribution in [3.8, 4) is 17.1 Å². The SMILES string of the molecule is COc1ccc2c(-c3ccnc(Nc4cccnc4)n3)cnn2n1. The van der Waals surface area contributed by atoms with Gasteiger partial charge in [-0.25, -0.2) is 9.97 Å². The van der Waals surface area contributed by atoms with E-state index < -0.39 is 0 Å². The van der Waals surface area contributed by atoms with Gasteiger partial charge in [0.2, 0.25) is 11.8 Å². The molecule has 0 atom stereocenters. The Morgan fingerprint density at radius 1 is 1.08 bits per heavy atom. The first-order valence-corrected chi connectivity index (χ1v) is 7.23. The Bertz CT molecular complexity index is 984. The van der Waals surface area contributed by atoms with Gasteiger partial charge in [0, 0.05) is 24.0 Å². The Hall–Kier alpha value is -3.55. The fourth-order valence-electron chi connectivity index (χ4n) is 2.30. The highest BCUT2D eigenvalue weighted by Crippen LogP contribution is 2.24. The fourth-order valence-corrected chi connectivity index (χ4v) is 2.30. The molecule has 0 aromatic carbocycles. The van der Waals surface area contributed by atoms with Crippen LogP contribution in [0, 0.1) is 0 Å². The lowest BCUT2D eigenvalue weighted by Gasteiger charge is -2.05. The Morgan fingerprint density at radius 2 is 2.04 bits per heavy atom. The molecule has 118 valence electrons. The molecule has 0 bridgehead atoms. The van der Waals surface area contributed by atoms with Gasteiger partial charge in [0.05, 0.1) is 36.4 Å². The molecular weight excluding hydrogens is 306 g/mol. The van der Waals surface area contributed by atoms with Crippen LogP contribution in [0.4, 0.5) is 11.6 Å². The van der Waals surface area contributed by atoms with E-state index in [1.165, 1.54) is 4.63 Å². The minimum Gasteiger partial charge on any atom is -0.480 e. The molecule has 4 aromatic heterocycles. The number of rotatable bonds is 4. The average molecular weight is 319 g/mol. The second-order valence-electron chi connectivity index (χ2n) is 4.94. The zero-order chi connectivity index (χ0) is 16.4. The van der Waals surface area contributed by atoms with Crippen molar-refractivity contribution >= 4 is 17.2 Å². The van der Waals surface area contributed by atoms with Crippen molar-refractivity contribution in [1.29, 1.82) is 0 Å². The summed E-state index contributed by atoms with van der Waals surface area (Å²) in [5, 5.41) is 11.6. The van der Waals surface area contributed by atoms with Gasteiger partial charge in [0.1, 0.15) is 0 Å². The van der Waals surface area contributed by atoms with Crippen molar-refractivity contribution in [1.82, 2.24) is 29.8 Å². The maximum absolute atomic E-state index is 5.11. The number of nitrogens with zero attached hydrogens (tertiary/aromatic N) is 6. The first-order chi connectivity index (χ1) is 11.8. The molecule has 8 heteroatoms. The maximum Gasteiger partial charge on any atom is 0.233 e. The molecule has 0 radical (unpaired) electrons. The lowest BCUT2D eigenvalue weighted by molar-refractivity contribution is 0.387. The monoisotopic (exact) mass is 319 g/mol. The van der Waals surface area contributed by atoms with Crippen LogP contribution in [0.2, 0.25) is 0 Å². The minimum atomic E-state index is 0.487. The number of fused-ring (bicyclic) bond motifs is 1. The van der Waals surface area contributed by atoms with Crippen LogP contribution in [-0.2, 0) is 0 Å². The van der Waals surface area contributed by atoms with E-state index in [4.69, 9.17) is 4.74 Å². The largest absolute Gasteiger partial charge is 0.480 e. The highest BCUT2D eigenvalue weighted by Gasteiger charge is 2.11. The molecule has 0 aliphatic heterocycles. The van der Waals surface area contributed by atoms with Crippen LogP contribution in [0.1, 0.15) is 0 Å². The molecule has 0 amide bonds. The van der Waals surface area contributed by atoms with Gasteiger partial charge < -0.3 is 10.1 Å². The Balaban J connectivity index is 1.71. The van der Waals surface area contributed by atoms with Crippen molar-refractivity contribution in [2.75, 3.05) is 12.4 Å². The third kappa shape index (κ3) is 2.60. The molecule has 0 saturated carbocycles. The number of pyridine rings is 1. The van der Waals surface area contributed by atoms with Gasteiger partial charge in [-0.05, 0) is 24.3 Å². The summed E-state index contributed by atoms with van der Waals surface area (Å²) >= 11 is 0. The predicted molar refractivity (Wildman–Crippen MR) is 88.1 cm³/mol. The second-order valence-corrected chi connectivity index (χ2v) is 4.94. The summed E-state index contributed by atoms with van der Waals surface area (Å²) < 4.78 is 6.63. The fraction of sp³-hybridized carbons (Fsp3) is 0.0625. The van der Waals surface area contributed by atoms with E-state index in [-0.39, 0.29) is 0 Å². The number of methoxy groups -OCH3 is 1. The topological polar surface area (TPSA) is 90.1 Å². The van der Waals surface area contributed by atoms with Gasteiger partial charge >= 0.3 is 0 Å². The highest BCUT2D eigenvalue weighted by atomic mass is 16.5. The summed E-state index contributed by atoms with van der Waals surface area (Å²) in [7, 11) is 1.57. The van der Waals surface area contributed by atoms with Crippen LogP contribution < -0.4 is 10.1 Å². The molecule has 0 fully saturated rings.